The van der Waals surface area contributed by atoms with Crippen LogP contribution in [0.25, 0.3) is 22.6 Å². The van der Waals surface area contributed by atoms with Crippen molar-refractivity contribution >= 4 is 58.9 Å². The molecule has 0 bridgehead atoms. The van der Waals surface area contributed by atoms with Crippen molar-refractivity contribution in [1.82, 2.24) is 4.98 Å². The van der Waals surface area contributed by atoms with Crippen molar-refractivity contribution in [2.75, 3.05) is 0 Å². The molecule has 0 spiro atoms. The van der Waals surface area contributed by atoms with Crippen molar-refractivity contribution in [1.29, 1.82) is 0 Å². The maximum absolute atomic E-state index is 5.93. The topological polar surface area (TPSA) is 26.0 Å². The Morgan fingerprint density at radius 2 is 1.67 bits per heavy atom. The van der Waals surface area contributed by atoms with Crippen LogP contribution in [-0.4, -0.2) is 4.98 Å². The highest BCUT2D eigenvalue weighted by atomic mass is 79.9. The molecular formula is C16H12Br3NO. The number of hydrogen-bond donors (Lipinski definition) is 0. The standard InChI is InChI=1S/C16H12Br3NO/c1-3-9-4-13(19)15-14(5-9)20-16(21-15)10-6-11(17)8(2)12(18)7-10/h4-7H,3H2,1-2H3. The van der Waals surface area contributed by atoms with E-state index in [-0.39, 0.29) is 0 Å². The van der Waals surface area contributed by atoms with Gasteiger partial charge in [0.05, 0.1) is 4.47 Å². The van der Waals surface area contributed by atoms with Gasteiger partial charge in [0.1, 0.15) is 5.52 Å². The summed E-state index contributed by atoms with van der Waals surface area (Å²) in [5.74, 6) is 0.625. The van der Waals surface area contributed by atoms with Crippen LogP contribution in [0, 0.1) is 6.92 Å². The van der Waals surface area contributed by atoms with E-state index in [1.165, 1.54) is 5.56 Å². The minimum absolute atomic E-state index is 0.625. The van der Waals surface area contributed by atoms with Gasteiger partial charge in [-0.3, -0.25) is 0 Å². The van der Waals surface area contributed by atoms with E-state index in [1.54, 1.807) is 0 Å². The van der Waals surface area contributed by atoms with Crippen LogP contribution < -0.4 is 0 Å². The fraction of sp³-hybridized carbons (Fsp3) is 0.188. The molecule has 0 unspecified atom stereocenters. The first-order chi connectivity index (χ1) is 9.99. The fourth-order valence-corrected chi connectivity index (χ4v) is 3.91. The van der Waals surface area contributed by atoms with Crippen LogP contribution in [0.3, 0.4) is 0 Å². The van der Waals surface area contributed by atoms with Gasteiger partial charge in [0.25, 0.3) is 0 Å². The van der Waals surface area contributed by atoms with Gasteiger partial charge in [0, 0.05) is 14.5 Å². The van der Waals surface area contributed by atoms with Gasteiger partial charge in [-0.05, 0) is 64.7 Å². The van der Waals surface area contributed by atoms with Gasteiger partial charge >= 0.3 is 0 Å². The molecular weight excluding hydrogens is 462 g/mol. The first-order valence-corrected chi connectivity index (χ1v) is 8.92. The van der Waals surface area contributed by atoms with Gasteiger partial charge in [0.15, 0.2) is 5.58 Å². The van der Waals surface area contributed by atoms with Crippen LogP contribution in [0.1, 0.15) is 18.1 Å². The molecule has 0 N–H and O–H groups in total. The van der Waals surface area contributed by atoms with E-state index < -0.39 is 0 Å². The van der Waals surface area contributed by atoms with Crippen LogP contribution in [0.4, 0.5) is 0 Å². The summed E-state index contributed by atoms with van der Waals surface area (Å²) >= 11 is 10.7. The molecule has 1 aromatic heterocycles. The number of benzene rings is 2. The van der Waals surface area contributed by atoms with Crippen molar-refractivity contribution in [2.45, 2.75) is 20.3 Å². The predicted octanol–water partition coefficient (Wildman–Crippen LogP) is 6.65. The summed E-state index contributed by atoms with van der Waals surface area (Å²) in [5.41, 5.74) is 5.00. The van der Waals surface area contributed by atoms with E-state index in [2.05, 4.69) is 71.8 Å². The summed E-state index contributed by atoms with van der Waals surface area (Å²) in [7, 11) is 0. The molecule has 0 radical (unpaired) electrons. The summed E-state index contributed by atoms with van der Waals surface area (Å²) in [6.07, 6.45) is 0.971. The largest absolute Gasteiger partial charge is 0.435 e. The predicted molar refractivity (Wildman–Crippen MR) is 96.7 cm³/mol. The molecule has 0 saturated carbocycles. The Morgan fingerprint density at radius 3 is 2.29 bits per heavy atom. The lowest BCUT2D eigenvalue weighted by Crippen LogP contribution is -1.83. The number of halogens is 3. The fourth-order valence-electron chi connectivity index (χ4n) is 2.14. The second-order valence-electron chi connectivity index (χ2n) is 4.86. The van der Waals surface area contributed by atoms with Gasteiger partial charge < -0.3 is 4.42 Å². The Bertz CT molecular complexity index is 816. The zero-order valence-corrected chi connectivity index (χ0v) is 16.3. The first kappa shape index (κ1) is 15.3. The molecule has 0 saturated heterocycles. The van der Waals surface area contributed by atoms with Gasteiger partial charge in [-0.2, -0.15) is 0 Å². The van der Waals surface area contributed by atoms with Crippen LogP contribution in [0.2, 0.25) is 0 Å². The minimum atomic E-state index is 0.625. The summed E-state index contributed by atoms with van der Waals surface area (Å²) in [6, 6.07) is 8.21. The van der Waals surface area contributed by atoms with Crippen molar-refractivity contribution in [2.24, 2.45) is 0 Å². The first-order valence-electron chi connectivity index (χ1n) is 6.54. The van der Waals surface area contributed by atoms with Gasteiger partial charge in [-0.1, -0.05) is 38.8 Å². The molecule has 0 atom stereocenters. The van der Waals surface area contributed by atoms with Crippen LogP contribution in [0.15, 0.2) is 42.1 Å². The van der Waals surface area contributed by atoms with Crippen LogP contribution in [0.5, 0.6) is 0 Å². The average Bonchev–Trinajstić information content (AvgIpc) is 2.88. The van der Waals surface area contributed by atoms with Crippen molar-refractivity contribution in [3.8, 4) is 11.5 Å². The third-order valence-corrected chi connectivity index (χ3v) is 5.68. The number of hydrogen-bond acceptors (Lipinski definition) is 2. The van der Waals surface area contributed by atoms with Crippen LogP contribution in [-0.2, 0) is 6.42 Å². The SMILES string of the molecule is CCc1cc(Br)c2oc(-c3cc(Br)c(C)c(Br)c3)nc2c1. The van der Waals surface area contributed by atoms with Crippen LogP contribution >= 0.6 is 47.8 Å². The maximum Gasteiger partial charge on any atom is 0.227 e. The summed E-state index contributed by atoms with van der Waals surface area (Å²) < 4.78 is 8.94. The van der Waals surface area contributed by atoms with E-state index in [4.69, 9.17) is 4.42 Å². The molecule has 2 nitrogen and oxygen atoms in total. The van der Waals surface area contributed by atoms with E-state index >= 15 is 0 Å². The zero-order chi connectivity index (χ0) is 15.1. The van der Waals surface area contributed by atoms with Gasteiger partial charge in [-0.25, -0.2) is 4.98 Å². The molecule has 0 aliphatic heterocycles. The summed E-state index contributed by atoms with van der Waals surface area (Å²) in [5, 5.41) is 0. The highest BCUT2D eigenvalue weighted by molar-refractivity contribution is 9.11. The highest BCUT2D eigenvalue weighted by Gasteiger charge is 2.14. The Hall–Kier alpha value is -0.650. The number of rotatable bonds is 2. The highest BCUT2D eigenvalue weighted by Crippen LogP contribution is 2.34. The summed E-state index contributed by atoms with van der Waals surface area (Å²) in [6.45, 7) is 4.18. The molecule has 0 aliphatic carbocycles. The van der Waals surface area contributed by atoms with E-state index in [9.17, 15) is 0 Å². The molecule has 108 valence electrons. The Labute approximate surface area is 148 Å². The molecule has 1 heterocycles. The molecule has 3 rings (SSSR count). The van der Waals surface area contributed by atoms with E-state index in [0.717, 1.165) is 42.1 Å². The lowest BCUT2D eigenvalue weighted by atomic mass is 10.1. The minimum Gasteiger partial charge on any atom is -0.435 e. The monoisotopic (exact) mass is 471 g/mol. The Balaban J connectivity index is 2.19. The molecule has 0 amide bonds. The zero-order valence-electron chi connectivity index (χ0n) is 11.5. The third kappa shape index (κ3) is 2.83. The van der Waals surface area contributed by atoms with Gasteiger partial charge in [-0.15, -0.1) is 0 Å². The average molecular weight is 474 g/mol. The summed E-state index contributed by atoms with van der Waals surface area (Å²) in [4.78, 5) is 4.63. The normalized spacial score (nSPS) is 11.3. The second kappa shape index (κ2) is 5.86. The lowest BCUT2D eigenvalue weighted by molar-refractivity contribution is 0.618. The molecule has 0 aliphatic rings. The second-order valence-corrected chi connectivity index (χ2v) is 7.43. The number of aryl methyl sites for hydroxylation is 1. The number of fused-ring (bicyclic) bond motifs is 1. The van der Waals surface area contributed by atoms with E-state index in [1.807, 2.05) is 19.1 Å². The smallest absolute Gasteiger partial charge is 0.227 e. The molecule has 3 aromatic rings. The molecule has 5 heteroatoms. The van der Waals surface area contributed by atoms with Crippen molar-refractivity contribution in [3.63, 3.8) is 0 Å². The molecule has 2 aromatic carbocycles. The molecule has 0 fully saturated rings. The van der Waals surface area contributed by atoms with Crippen molar-refractivity contribution < 1.29 is 4.42 Å². The Morgan fingerprint density at radius 1 is 1.00 bits per heavy atom. The number of nitrogens with zero attached hydrogens (tertiary/aromatic N) is 1. The quantitative estimate of drug-likeness (QED) is 0.416. The number of oxazole rings is 1. The molecule has 21 heavy (non-hydrogen) atoms. The van der Waals surface area contributed by atoms with Crippen molar-refractivity contribution in [3.05, 3.63) is 48.8 Å². The lowest BCUT2D eigenvalue weighted by Gasteiger charge is -2.03. The van der Waals surface area contributed by atoms with E-state index in [0.29, 0.717) is 5.89 Å². The van der Waals surface area contributed by atoms with Gasteiger partial charge in [0.2, 0.25) is 5.89 Å². The Kier molecular flexibility index (Phi) is 4.26. The number of aromatic nitrogens is 1. The third-order valence-electron chi connectivity index (χ3n) is 3.44. The maximum atomic E-state index is 5.93.